The molecule has 7 nitrogen and oxygen atoms in total. The Morgan fingerprint density at radius 3 is 2.75 bits per heavy atom. The summed E-state index contributed by atoms with van der Waals surface area (Å²) >= 11 is 1.26. The Morgan fingerprint density at radius 1 is 1.14 bits per heavy atom. The molecule has 0 radical (unpaired) electrons. The van der Waals surface area contributed by atoms with Gasteiger partial charge in [0.05, 0.1) is 10.5 Å². The summed E-state index contributed by atoms with van der Waals surface area (Å²) in [7, 11) is 0. The Kier molecular flexibility index (Phi) is 4.46. The maximum absolute atomic E-state index is 12.5. The molecule has 0 N–H and O–H groups in total. The normalized spacial score (nSPS) is 13.9. The van der Waals surface area contributed by atoms with Crippen LogP contribution < -0.4 is 9.47 Å². The molecule has 0 unspecified atom stereocenters. The number of nitro groups is 1. The summed E-state index contributed by atoms with van der Waals surface area (Å²) in [6, 6.07) is 13.8. The van der Waals surface area contributed by atoms with Crippen molar-refractivity contribution in [3.05, 3.63) is 91.9 Å². The fraction of sp³-hybridized carbons (Fsp3) is 0. The van der Waals surface area contributed by atoms with Gasteiger partial charge in [-0.05, 0) is 35.2 Å². The van der Waals surface area contributed by atoms with Crippen molar-refractivity contribution in [3.8, 4) is 11.5 Å². The Labute approximate surface area is 162 Å². The van der Waals surface area contributed by atoms with Crippen LogP contribution in [0.2, 0.25) is 0 Å². The van der Waals surface area contributed by atoms with Gasteiger partial charge in [-0.15, -0.1) is 11.3 Å². The van der Waals surface area contributed by atoms with Crippen LogP contribution in [0.5, 0.6) is 11.5 Å². The molecule has 4 rings (SSSR count). The summed E-state index contributed by atoms with van der Waals surface area (Å²) in [6.07, 6.45) is 1.44. The van der Waals surface area contributed by atoms with E-state index in [-0.39, 0.29) is 28.7 Å². The summed E-state index contributed by atoms with van der Waals surface area (Å²) in [4.78, 5) is 35.4. The number of ketones is 1. The Bertz CT molecular complexity index is 1130. The van der Waals surface area contributed by atoms with Crippen LogP contribution in [0.25, 0.3) is 6.08 Å². The van der Waals surface area contributed by atoms with Crippen molar-refractivity contribution in [3.63, 3.8) is 0 Å². The molecular formula is C20H11NO6S. The number of non-ortho nitro benzene ring substituents is 1. The second kappa shape index (κ2) is 7.09. The minimum atomic E-state index is -0.512. The number of benzene rings is 2. The van der Waals surface area contributed by atoms with Crippen LogP contribution in [0.15, 0.2) is 65.7 Å². The second-order valence-corrected chi connectivity index (χ2v) is 6.76. The third-order valence-electron chi connectivity index (χ3n) is 3.95. The first kappa shape index (κ1) is 17.6. The molecule has 1 aliphatic rings. The number of nitro benzene ring substituents is 1. The van der Waals surface area contributed by atoms with E-state index in [1.807, 2.05) is 0 Å². The maximum Gasteiger partial charge on any atom is 0.353 e. The van der Waals surface area contributed by atoms with E-state index < -0.39 is 10.9 Å². The van der Waals surface area contributed by atoms with Crippen molar-refractivity contribution in [2.75, 3.05) is 0 Å². The lowest BCUT2D eigenvalue weighted by Crippen LogP contribution is -2.06. The van der Waals surface area contributed by atoms with Gasteiger partial charge in [-0.25, -0.2) is 4.79 Å². The van der Waals surface area contributed by atoms with E-state index in [4.69, 9.17) is 9.47 Å². The van der Waals surface area contributed by atoms with Gasteiger partial charge < -0.3 is 9.47 Å². The highest BCUT2D eigenvalue weighted by molar-refractivity contribution is 7.12. The SMILES string of the molecule is O=C(Oc1ccc2c(c1)O/C(=C\c1cccc([N+](=O)[O-])c1)C2=O)c1cccs1. The number of ether oxygens (including phenoxy) is 2. The van der Waals surface area contributed by atoms with E-state index in [1.54, 1.807) is 23.6 Å². The molecular weight excluding hydrogens is 382 g/mol. The van der Waals surface area contributed by atoms with Crippen LogP contribution in [0.3, 0.4) is 0 Å². The summed E-state index contributed by atoms with van der Waals surface area (Å²) in [5, 5.41) is 12.7. The molecule has 1 aromatic heterocycles. The van der Waals surface area contributed by atoms with E-state index in [0.717, 1.165) is 0 Å². The first-order valence-electron chi connectivity index (χ1n) is 8.10. The van der Waals surface area contributed by atoms with Crippen molar-refractivity contribution in [2.45, 2.75) is 0 Å². The lowest BCUT2D eigenvalue weighted by atomic mass is 10.1. The summed E-state index contributed by atoms with van der Waals surface area (Å²) in [5.41, 5.74) is 0.711. The molecule has 2 heterocycles. The molecule has 0 amide bonds. The van der Waals surface area contributed by atoms with E-state index in [0.29, 0.717) is 16.0 Å². The number of allylic oxidation sites excluding steroid dienone is 1. The molecule has 8 heteroatoms. The summed E-state index contributed by atoms with van der Waals surface area (Å²) < 4.78 is 10.9. The quantitative estimate of drug-likeness (QED) is 0.213. The second-order valence-electron chi connectivity index (χ2n) is 5.82. The van der Waals surface area contributed by atoms with Gasteiger partial charge in [0.25, 0.3) is 5.69 Å². The van der Waals surface area contributed by atoms with Crippen LogP contribution in [0.1, 0.15) is 25.6 Å². The topological polar surface area (TPSA) is 95.7 Å². The van der Waals surface area contributed by atoms with Crippen molar-refractivity contribution >= 4 is 34.9 Å². The number of thiophene rings is 1. The fourth-order valence-electron chi connectivity index (χ4n) is 2.66. The summed E-state index contributed by atoms with van der Waals surface area (Å²) in [5.74, 6) is -0.291. The van der Waals surface area contributed by atoms with Gasteiger partial charge in [-0.1, -0.05) is 18.2 Å². The number of carbonyl (C=O) groups is 2. The molecule has 0 saturated heterocycles. The molecule has 1 aliphatic heterocycles. The van der Waals surface area contributed by atoms with Gasteiger partial charge >= 0.3 is 5.97 Å². The zero-order chi connectivity index (χ0) is 19.7. The summed E-state index contributed by atoms with van der Waals surface area (Å²) in [6.45, 7) is 0. The Morgan fingerprint density at radius 2 is 2.00 bits per heavy atom. The Hall–Kier alpha value is -3.78. The number of hydrogen-bond acceptors (Lipinski definition) is 7. The maximum atomic E-state index is 12.5. The van der Waals surface area contributed by atoms with Gasteiger partial charge in [-0.2, -0.15) is 0 Å². The number of Topliss-reactive ketones (excluding diaryl/α,β-unsaturated/α-hetero) is 1. The van der Waals surface area contributed by atoms with Gasteiger partial charge in [0, 0.05) is 18.2 Å². The van der Waals surface area contributed by atoms with Gasteiger partial charge in [-0.3, -0.25) is 14.9 Å². The number of fused-ring (bicyclic) bond motifs is 1. The van der Waals surface area contributed by atoms with E-state index in [9.17, 15) is 19.7 Å². The first-order valence-corrected chi connectivity index (χ1v) is 8.98. The molecule has 0 aliphatic carbocycles. The first-order chi connectivity index (χ1) is 13.5. The van der Waals surface area contributed by atoms with Crippen molar-refractivity contribution in [2.24, 2.45) is 0 Å². The third-order valence-corrected chi connectivity index (χ3v) is 4.80. The minimum absolute atomic E-state index is 0.0391. The average molecular weight is 393 g/mol. The van der Waals surface area contributed by atoms with Crippen LogP contribution in [-0.2, 0) is 0 Å². The lowest BCUT2D eigenvalue weighted by Gasteiger charge is -2.04. The molecule has 0 spiro atoms. The molecule has 28 heavy (non-hydrogen) atoms. The lowest BCUT2D eigenvalue weighted by molar-refractivity contribution is -0.384. The van der Waals surface area contributed by atoms with Crippen molar-refractivity contribution in [1.82, 2.24) is 0 Å². The van der Waals surface area contributed by atoms with Crippen LogP contribution in [0, 0.1) is 10.1 Å². The highest BCUT2D eigenvalue weighted by Crippen LogP contribution is 2.35. The van der Waals surface area contributed by atoms with Gasteiger partial charge in [0.2, 0.25) is 5.78 Å². The highest BCUT2D eigenvalue weighted by atomic mass is 32.1. The van der Waals surface area contributed by atoms with Gasteiger partial charge in [0.15, 0.2) is 5.76 Å². The van der Waals surface area contributed by atoms with E-state index in [2.05, 4.69) is 0 Å². The molecule has 0 bridgehead atoms. The number of nitrogens with zero attached hydrogens (tertiary/aromatic N) is 1. The Balaban J connectivity index is 1.57. The minimum Gasteiger partial charge on any atom is -0.452 e. The average Bonchev–Trinajstić information content (AvgIpc) is 3.31. The number of carbonyl (C=O) groups excluding carboxylic acids is 2. The molecule has 0 saturated carbocycles. The van der Waals surface area contributed by atoms with Crippen LogP contribution in [-0.4, -0.2) is 16.7 Å². The molecule has 138 valence electrons. The zero-order valence-electron chi connectivity index (χ0n) is 14.2. The van der Waals surface area contributed by atoms with Crippen molar-refractivity contribution < 1.29 is 24.0 Å². The van der Waals surface area contributed by atoms with Crippen LogP contribution >= 0.6 is 11.3 Å². The monoisotopic (exact) mass is 393 g/mol. The molecule has 2 aromatic carbocycles. The van der Waals surface area contributed by atoms with Crippen molar-refractivity contribution in [1.29, 1.82) is 0 Å². The standard InChI is InChI=1S/C20H11NO6S/c22-19-15-7-6-14(26-20(23)18-5-2-8-28-18)11-16(15)27-17(19)10-12-3-1-4-13(9-12)21(24)25/h1-11H/b17-10-. The smallest absolute Gasteiger partial charge is 0.353 e. The van der Waals surface area contributed by atoms with E-state index >= 15 is 0 Å². The third kappa shape index (κ3) is 3.40. The number of rotatable bonds is 4. The van der Waals surface area contributed by atoms with Crippen LogP contribution in [0.4, 0.5) is 5.69 Å². The molecule has 0 atom stereocenters. The predicted molar refractivity (Wildman–Crippen MR) is 102 cm³/mol. The van der Waals surface area contributed by atoms with E-state index in [1.165, 1.54) is 53.8 Å². The molecule has 3 aromatic rings. The largest absolute Gasteiger partial charge is 0.452 e. The highest BCUT2D eigenvalue weighted by Gasteiger charge is 2.28. The predicted octanol–water partition coefficient (Wildman–Crippen LogP) is 4.49. The zero-order valence-corrected chi connectivity index (χ0v) is 15.0. The van der Waals surface area contributed by atoms with Gasteiger partial charge in [0.1, 0.15) is 16.4 Å². The molecule has 0 fully saturated rings. The number of esters is 1. The number of hydrogen-bond donors (Lipinski definition) is 0. The fourth-order valence-corrected chi connectivity index (χ4v) is 3.26.